The third-order valence-corrected chi connectivity index (χ3v) is 4.86. The van der Waals surface area contributed by atoms with E-state index < -0.39 is 0 Å². The lowest BCUT2D eigenvalue weighted by molar-refractivity contribution is 0.218. The molecular formula is C15H27N3S. The standard InChI is InChI=1S/C15H27N3S/c1-4-9-18(10-14-7-5-6-8-16-14)11-15-12(2)17-13(3)19-15/h14,16H,4-11H2,1-3H3. The van der Waals surface area contributed by atoms with E-state index in [4.69, 9.17) is 0 Å². The summed E-state index contributed by atoms with van der Waals surface area (Å²) in [5.41, 5.74) is 1.22. The number of rotatable bonds is 6. The topological polar surface area (TPSA) is 28.2 Å². The molecule has 2 rings (SSSR count). The minimum absolute atomic E-state index is 0.689. The predicted octanol–water partition coefficient (Wildman–Crippen LogP) is 3.11. The van der Waals surface area contributed by atoms with Gasteiger partial charge in [-0.2, -0.15) is 0 Å². The van der Waals surface area contributed by atoms with E-state index in [0.717, 1.165) is 6.54 Å². The highest BCUT2D eigenvalue weighted by atomic mass is 32.1. The molecular weight excluding hydrogens is 254 g/mol. The van der Waals surface area contributed by atoms with Crippen LogP contribution in [0.25, 0.3) is 0 Å². The van der Waals surface area contributed by atoms with Crippen molar-refractivity contribution in [3.05, 3.63) is 15.6 Å². The lowest BCUT2D eigenvalue weighted by atomic mass is 10.0. The van der Waals surface area contributed by atoms with E-state index in [9.17, 15) is 0 Å². The SMILES string of the molecule is CCCN(Cc1sc(C)nc1C)CC1CCCCN1. The summed E-state index contributed by atoms with van der Waals surface area (Å²) >= 11 is 1.86. The van der Waals surface area contributed by atoms with Gasteiger partial charge in [-0.3, -0.25) is 4.90 Å². The van der Waals surface area contributed by atoms with Gasteiger partial charge in [0, 0.05) is 24.0 Å². The maximum atomic E-state index is 4.55. The molecule has 1 unspecified atom stereocenters. The van der Waals surface area contributed by atoms with Gasteiger partial charge in [-0.05, 0) is 46.2 Å². The van der Waals surface area contributed by atoms with Crippen molar-refractivity contribution in [1.82, 2.24) is 15.2 Å². The van der Waals surface area contributed by atoms with E-state index in [2.05, 4.69) is 36.0 Å². The number of hydrogen-bond acceptors (Lipinski definition) is 4. The second-order valence-electron chi connectivity index (χ2n) is 5.62. The summed E-state index contributed by atoms with van der Waals surface area (Å²) in [5, 5.41) is 4.85. The van der Waals surface area contributed by atoms with E-state index >= 15 is 0 Å². The van der Waals surface area contributed by atoms with Gasteiger partial charge in [0.25, 0.3) is 0 Å². The Morgan fingerprint density at radius 1 is 1.37 bits per heavy atom. The van der Waals surface area contributed by atoms with Gasteiger partial charge in [-0.1, -0.05) is 13.3 Å². The van der Waals surface area contributed by atoms with Gasteiger partial charge >= 0.3 is 0 Å². The fraction of sp³-hybridized carbons (Fsp3) is 0.800. The number of nitrogens with zero attached hydrogens (tertiary/aromatic N) is 2. The summed E-state index contributed by atoms with van der Waals surface area (Å²) in [6.45, 7) is 11.2. The highest BCUT2D eigenvalue weighted by molar-refractivity contribution is 7.11. The lowest BCUT2D eigenvalue weighted by Crippen LogP contribution is -2.43. The van der Waals surface area contributed by atoms with Crippen LogP contribution < -0.4 is 5.32 Å². The molecule has 1 aliphatic heterocycles. The zero-order valence-corrected chi connectivity index (χ0v) is 13.4. The first-order valence-corrected chi connectivity index (χ1v) is 8.39. The van der Waals surface area contributed by atoms with Gasteiger partial charge in [0.15, 0.2) is 0 Å². The van der Waals surface area contributed by atoms with Crippen LogP contribution in [0.3, 0.4) is 0 Å². The third kappa shape index (κ3) is 4.55. The summed E-state index contributed by atoms with van der Waals surface area (Å²) in [5.74, 6) is 0. The molecule has 1 aliphatic rings. The molecule has 0 bridgehead atoms. The molecule has 3 nitrogen and oxygen atoms in total. The molecule has 4 heteroatoms. The first-order valence-electron chi connectivity index (χ1n) is 7.57. The van der Waals surface area contributed by atoms with Gasteiger partial charge < -0.3 is 5.32 Å². The van der Waals surface area contributed by atoms with E-state index in [1.54, 1.807) is 0 Å². The second-order valence-corrected chi connectivity index (χ2v) is 6.91. The maximum Gasteiger partial charge on any atom is 0.0900 e. The van der Waals surface area contributed by atoms with Crippen molar-refractivity contribution in [2.45, 2.75) is 59.0 Å². The molecule has 19 heavy (non-hydrogen) atoms. The zero-order chi connectivity index (χ0) is 13.7. The van der Waals surface area contributed by atoms with Crippen LogP contribution in [-0.2, 0) is 6.54 Å². The second kappa shape index (κ2) is 7.36. The van der Waals surface area contributed by atoms with Gasteiger partial charge in [0.2, 0.25) is 0 Å². The molecule has 0 aliphatic carbocycles. The molecule has 0 spiro atoms. The minimum Gasteiger partial charge on any atom is -0.313 e. The van der Waals surface area contributed by atoms with Crippen LogP contribution in [0.2, 0.25) is 0 Å². The summed E-state index contributed by atoms with van der Waals surface area (Å²) in [6.07, 6.45) is 5.29. The van der Waals surface area contributed by atoms with Gasteiger partial charge in [0.1, 0.15) is 0 Å². The van der Waals surface area contributed by atoms with Crippen LogP contribution in [0, 0.1) is 13.8 Å². The third-order valence-electron chi connectivity index (χ3n) is 3.80. The summed E-state index contributed by atoms with van der Waals surface area (Å²) in [6, 6.07) is 0.689. The molecule has 1 aromatic rings. The maximum absolute atomic E-state index is 4.55. The smallest absolute Gasteiger partial charge is 0.0900 e. The molecule has 0 amide bonds. The van der Waals surface area contributed by atoms with E-state index in [1.807, 2.05) is 11.3 Å². The molecule has 1 atom stereocenters. The Balaban J connectivity index is 1.93. The van der Waals surface area contributed by atoms with Crippen molar-refractivity contribution in [1.29, 1.82) is 0 Å². The van der Waals surface area contributed by atoms with Crippen molar-refractivity contribution in [2.24, 2.45) is 0 Å². The van der Waals surface area contributed by atoms with Gasteiger partial charge in [-0.15, -0.1) is 11.3 Å². The normalized spacial score (nSPS) is 20.1. The first-order chi connectivity index (χ1) is 9.19. The van der Waals surface area contributed by atoms with E-state index in [1.165, 1.54) is 60.9 Å². The summed E-state index contributed by atoms with van der Waals surface area (Å²) in [4.78, 5) is 8.59. The lowest BCUT2D eigenvalue weighted by Gasteiger charge is -2.30. The molecule has 1 N–H and O–H groups in total. The van der Waals surface area contributed by atoms with Crippen molar-refractivity contribution in [3.63, 3.8) is 0 Å². The molecule has 1 aromatic heterocycles. The monoisotopic (exact) mass is 281 g/mol. The Bertz CT molecular complexity index is 383. The molecule has 0 radical (unpaired) electrons. The summed E-state index contributed by atoms with van der Waals surface area (Å²) in [7, 11) is 0. The van der Waals surface area contributed by atoms with Crippen molar-refractivity contribution < 1.29 is 0 Å². The fourth-order valence-electron chi connectivity index (χ4n) is 2.87. The van der Waals surface area contributed by atoms with E-state index in [0.29, 0.717) is 6.04 Å². The van der Waals surface area contributed by atoms with Crippen LogP contribution in [0.15, 0.2) is 0 Å². The Labute approximate surface area is 121 Å². The predicted molar refractivity (Wildman–Crippen MR) is 82.8 cm³/mol. The molecule has 2 heterocycles. The number of thiazole rings is 1. The Morgan fingerprint density at radius 2 is 2.21 bits per heavy atom. The quantitative estimate of drug-likeness (QED) is 0.868. The van der Waals surface area contributed by atoms with Crippen LogP contribution >= 0.6 is 11.3 Å². The average molecular weight is 281 g/mol. The number of hydrogen-bond donors (Lipinski definition) is 1. The average Bonchev–Trinajstić information content (AvgIpc) is 2.69. The van der Waals surface area contributed by atoms with E-state index in [-0.39, 0.29) is 0 Å². The van der Waals surface area contributed by atoms with Crippen molar-refractivity contribution in [2.75, 3.05) is 19.6 Å². The Kier molecular flexibility index (Phi) is 5.79. The number of nitrogens with one attached hydrogen (secondary N) is 1. The van der Waals surface area contributed by atoms with Crippen LogP contribution in [-0.4, -0.2) is 35.6 Å². The number of piperidine rings is 1. The van der Waals surface area contributed by atoms with Crippen LogP contribution in [0.5, 0.6) is 0 Å². The molecule has 108 valence electrons. The van der Waals surface area contributed by atoms with Crippen LogP contribution in [0.4, 0.5) is 0 Å². The van der Waals surface area contributed by atoms with Gasteiger partial charge in [0.05, 0.1) is 10.7 Å². The number of aromatic nitrogens is 1. The first kappa shape index (κ1) is 14.9. The largest absolute Gasteiger partial charge is 0.313 e. The van der Waals surface area contributed by atoms with Gasteiger partial charge in [-0.25, -0.2) is 4.98 Å². The highest BCUT2D eigenvalue weighted by Crippen LogP contribution is 2.20. The summed E-state index contributed by atoms with van der Waals surface area (Å²) < 4.78 is 0. The fourth-order valence-corrected chi connectivity index (χ4v) is 3.85. The minimum atomic E-state index is 0.689. The van der Waals surface area contributed by atoms with Crippen molar-refractivity contribution >= 4 is 11.3 Å². The molecule has 1 fully saturated rings. The van der Waals surface area contributed by atoms with Crippen molar-refractivity contribution in [3.8, 4) is 0 Å². The molecule has 0 aromatic carbocycles. The molecule has 1 saturated heterocycles. The Hall–Kier alpha value is -0.450. The zero-order valence-electron chi connectivity index (χ0n) is 12.5. The number of aryl methyl sites for hydroxylation is 2. The molecule has 0 saturated carbocycles. The van der Waals surface area contributed by atoms with Crippen LogP contribution in [0.1, 0.15) is 48.2 Å². The highest BCUT2D eigenvalue weighted by Gasteiger charge is 2.17. The Morgan fingerprint density at radius 3 is 2.79 bits per heavy atom.